The molecular formula is C26H34F2N6O3S2. The number of carbonyl (C=O) groups is 1. The van der Waals surface area contributed by atoms with Gasteiger partial charge in [0.1, 0.15) is 5.69 Å². The topological polar surface area (TPSA) is 101 Å². The number of piperazine rings is 1. The number of aromatic nitrogens is 4. The number of hydrogen-bond acceptors (Lipinski definition) is 8. The lowest BCUT2D eigenvalue weighted by molar-refractivity contribution is -0.136. The average molecular weight is 581 g/mol. The molecule has 1 saturated carbocycles. The lowest BCUT2D eigenvalue weighted by atomic mass is 10.1. The Hall–Kier alpha value is -2.67. The van der Waals surface area contributed by atoms with Gasteiger partial charge >= 0.3 is 0 Å². The predicted octanol–water partition coefficient (Wildman–Crippen LogP) is 4.78. The van der Waals surface area contributed by atoms with Crippen LogP contribution in [0.15, 0.2) is 17.0 Å². The van der Waals surface area contributed by atoms with Crippen molar-refractivity contribution in [3.05, 3.63) is 17.1 Å². The van der Waals surface area contributed by atoms with Gasteiger partial charge < -0.3 is 9.80 Å². The minimum absolute atomic E-state index is 0.0452. The lowest BCUT2D eigenvalue weighted by Gasteiger charge is -2.42. The molecule has 0 unspecified atom stereocenters. The van der Waals surface area contributed by atoms with E-state index in [1.165, 1.54) is 0 Å². The lowest BCUT2D eigenvalue weighted by Crippen LogP contribution is -2.55. The molecule has 9 nitrogen and oxygen atoms in total. The number of amides is 1. The molecule has 1 saturated heterocycles. The zero-order valence-electron chi connectivity index (χ0n) is 22.8. The fraction of sp³-hybridized carbons (Fsp3) is 0.615. The smallest absolute Gasteiger partial charge is 0.291 e. The molecule has 1 aliphatic carbocycles. The van der Waals surface area contributed by atoms with Crippen LogP contribution in [-0.2, 0) is 21.2 Å². The van der Waals surface area contributed by atoms with E-state index >= 15 is 0 Å². The molecule has 0 N–H and O–H groups in total. The molecular weight excluding hydrogens is 546 g/mol. The van der Waals surface area contributed by atoms with Crippen LogP contribution >= 0.6 is 11.3 Å². The Balaban J connectivity index is 1.66. The summed E-state index contributed by atoms with van der Waals surface area (Å²) in [6.07, 6.45) is -1.02. The maximum absolute atomic E-state index is 13.6. The van der Waals surface area contributed by atoms with E-state index in [0.717, 1.165) is 24.2 Å². The van der Waals surface area contributed by atoms with Gasteiger partial charge in [-0.25, -0.2) is 17.2 Å². The van der Waals surface area contributed by atoms with Crippen LogP contribution in [0.3, 0.4) is 0 Å². The van der Waals surface area contributed by atoms with E-state index in [1.54, 1.807) is 16.8 Å². The van der Waals surface area contributed by atoms with E-state index in [4.69, 9.17) is 5.10 Å². The molecule has 0 radical (unpaired) electrons. The van der Waals surface area contributed by atoms with E-state index in [1.807, 2.05) is 39.5 Å². The third-order valence-electron chi connectivity index (χ3n) is 7.67. The van der Waals surface area contributed by atoms with Crippen LogP contribution in [0.4, 0.5) is 14.5 Å². The zero-order valence-corrected chi connectivity index (χ0v) is 24.4. The van der Waals surface area contributed by atoms with Gasteiger partial charge in [0.25, 0.3) is 6.43 Å². The van der Waals surface area contributed by atoms with Crippen molar-refractivity contribution in [1.29, 1.82) is 0 Å². The normalized spacial score (nSPS) is 19.5. The fourth-order valence-electron chi connectivity index (χ4n) is 5.23. The molecule has 0 spiro atoms. The summed E-state index contributed by atoms with van der Waals surface area (Å²) >= 11 is 0.759. The second-order valence-electron chi connectivity index (χ2n) is 11.3. The van der Waals surface area contributed by atoms with Crippen LogP contribution < -0.4 is 4.90 Å². The van der Waals surface area contributed by atoms with Crippen molar-refractivity contribution in [1.82, 2.24) is 24.9 Å². The second-order valence-corrected chi connectivity index (χ2v) is 14.3. The maximum Gasteiger partial charge on any atom is 0.291 e. The molecule has 1 amide bonds. The number of nitrogens with zero attached hydrogens (tertiary/aromatic N) is 6. The summed E-state index contributed by atoms with van der Waals surface area (Å²) in [6, 6.07) is 3.25. The highest BCUT2D eigenvalue weighted by Gasteiger charge is 2.42. The highest BCUT2D eigenvalue weighted by molar-refractivity contribution is 7.91. The summed E-state index contributed by atoms with van der Waals surface area (Å²) in [5.41, 5.74) is 1.53. The number of rotatable bonds is 8. The zero-order chi connectivity index (χ0) is 28.3. The van der Waals surface area contributed by atoms with E-state index < -0.39 is 21.3 Å². The van der Waals surface area contributed by atoms with Crippen molar-refractivity contribution in [2.24, 2.45) is 11.3 Å². The van der Waals surface area contributed by atoms with Gasteiger partial charge in [-0.2, -0.15) is 5.10 Å². The van der Waals surface area contributed by atoms with Gasteiger partial charge in [0.2, 0.25) is 5.91 Å². The van der Waals surface area contributed by atoms with Gasteiger partial charge in [-0.05, 0) is 44.2 Å². The number of sulfone groups is 1. The average Bonchev–Trinajstić information content (AvgIpc) is 3.27. The van der Waals surface area contributed by atoms with Crippen LogP contribution in [-0.4, -0.2) is 70.6 Å². The Labute approximate surface area is 231 Å². The van der Waals surface area contributed by atoms with Crippen LogP contribution in [0, 0.1) is 11.3 Å². The number of fused-ring (bicyclic) bond motifs is 1. The third-order valence-corrected chi connectivity index (χ3v) is 10.6. The van der Waals surface area contributed by atoms with Gasteiger partial charge in [0.05, 0.1) is 21.9 Å². The molecule has 1 aromatic carbocycles. The molecule has 2 aliphatic rings. The highest BCUT2D eigenvalue weighted by atomic mass is 32.2. The Morgan fingerprint density at radius 2 is 1.92 bits per heavy atom. The maximum atomic E-state index is 13.6. The highest BCUT2D eigenvalue weighted by Crippen LogP contribution is 2.47. The molecule has 2 fully saturated rings. The molecule has 212 valence electrons. The van der Waals surface area contributed by atoms with E-state index in [0.29, 0.717) is 48.5 Å². The molecule has 39 heavy (non-hydrogen) atoms. The van der Waals surface area contributed by atoms with Crippen LogP contribution in [0.5, 0.6) is 0 Å². The first kappa shape index (κ1) is 27.9. The molecule has 3 heterocycles. The second kappa shape index (κ2) is 10.1. The van der Waals surface area contributed by atoms with Gasteiger partial charge in [-0.1, -0.05) is 32.1 Å². The van der Waals surface area contributed by atoms with Crippen molar-refractivity contribution in [3.8, 4) is 10.7 Å². The van der Waals surface area contributed by atoms with Gasteiger partial charge in [-0.15, -0.1) is 10.2 Å². The van der Waals surface area contributed by atoms with E-state index in [9.17, 15) is 22.0 Å². The number of anilines is 1. The molecule has 5 rings (SSSR count). The monoisotopic (exact) mass is 580 g/mol. The third kappa shape index (κ3) is 5.27. The van der Waals surface area contributed by atoms with Gasteiger partial charge in [0.15, 0.2) is 19.9 Å². The summed E-state index contributed by atoms with van der Waals surface area (Å²) in [4.78, 5) is 16.9. The summed E-state index contributed by atoms with van der Waals surface area (Å²) in [5.74, 6) is 0.0224. The minimum Gasteiger partial charge on any atom is -0.366 e. The Kier molecular flexibility index (Phi) is 7.19. The molecule has 2 aromatic heterocycles. The first-order valence-corrected chi connectivity index (χ1v) is 15.7. The van der Waals surface area contributed by atoms with Crippen LogP contribution in [0.1, 0.15) is 58.9 Å². The summed E-state index contributed by atoms with van der Waals surface area (Å²) in [5, 5.41) is 12.6. The van der Waals surface area contributed by atoms with Crippen molar-refractivity contribution >= 4 is 43.7 Å². The predicted molar refractivity (Wildman–Crippen MR) is 147 cm³/mol. The molecule has 1 aliphatic heterocycles. The Bertz CT molecular complexity index is 1510. The number of aryl methyl sites for hydroxylation is 1. The quantitative estimate of drug-likeness (QED) is 0.378. The van der Waals surface area contributed by atoms with Crippen LogP contribution in [0.2, 0.25) is 0 Å². The number of halogens is 2. The largest absolute Gasteiger partial charge is 0.366 e. The van der Waals surface area contributed by atoms with Crippen molar-refractivity contribution in [3.63, 3.8) is 0 Å². The summed E-state index contributed by atoms with van der Waals surface area (Å²) in [7, 11) is -3.64. The minimum atomic E-state index is -3.64. The van der Waals surface area contributed by atoms with Crippen molar-refractivity contribution in [2.45, 2.75) is 71.4 Å². The fourth-order valence-corrected chi connectivity index (χ4v) is 7.89. The summed E-state index contributed by atoms with van der Waals surface area (Å²) in [6.45, 7) is 11.7. The summed E-state index contributed by atoms with van der Waals surface area (Å²) < 4.78 is 55.7. The standard InChI is InChI=1S/C26H34F2N6O3S2/c1-6-34-21-18(20(31-34)23-29-30-24(38-23)22(27)28)11-17(39(36,37)14-26(5)7-8-26)12-19(21)32-9-10-33(16(4)13-32)25(35)15(2)3/h11-12,15-16,22H,6-10,13-14H2,1-5H3/t16-/m0/s1. The Morgan fingerprint density at radius 1 is 1.21 bits per heavy atom. The molecule has 1 atom stereocenters. The molecule has 3 aromatic rings. The van der Waals surface area contributed by atoms with Gasteiger partial charge in [0, 0.05) is 43.5 Å². The molecule has 0 bridgehead atoms. The molecule has 13 heteroatoms. The number of hydrogen-bond donors (Lipinski definition) is 0. The van der Waals surface area contributed by atoms with E-state index in [2.05, 4.69) is 15.1 Å². The number of benzene rings is 1. The van der Waals surface area contributed by atoms with Crippen molar-refractivity contribution < 1.29 is 22.0 Å². The van der Waals surface area contributed by atoms with Crippen LogP contribution in [0.25, 0.3) is 21.6 Å². The Morgan fingerprint density at radius 3 is 2.49 bits per heavy atom. The number of carbonyl (C=O) groups excluding carboxylic acids is 1. The number of alkyl halides is 2. The van der Waals surface area contributed by atoms with E-state index in [-0.39, 0.29) is 38.9 Å². The van der Waals surface area contributed by atoms with Crippen molar-refractivity contribution in [2.75, 3.05) is 30.3 Å². The van der Waals surface area contributed by atoms with Gasteiger partial charge in [-0.3, -0.25) is 9.48 Å². The SMILES string of the molecule is CCn1nc(-c2nnc(C(F)F)s2)c2cc(S(=O)(=O)CC3(C)CC3)cc(N3CCN(C(=O)C(C)C)[C@@H](C)C3)c21. The first-order valence-electron chi connectivity index (χ1n) is 13.3. The first-order chi connectivity index (χ1) is 18.3.